The van der Waals surface area contributed by atoms with Gasteiger partial charge in [0.15, 0.2) is 0 Å². The summed E-state index contributed by atoms with van der Waals surface area (Å²) >= 11 is 0. The van der Waals surface area contributed by atoms with Crippen LogP contribution in [0.5, 0.6) is 0 Å². The predicted molar refractivity (Wildman–Crippen MR) is 66.7 cm³/mol. The average Bonchev–Trinajstić information content (AvgIpc) is 2.08. The van der Waals surface area contributed by atoms with Gasteiger partial charge in [-0.1, -0.05) is 34.1 Å². The van der Waals surface area contributed by atoms with Crippen molar-refractivity contribution in [1.82, 2.24) is 4.72 Å². The van der Waals surface area contributed by atoms with E-state index in [9.17, 15) is 8.42 Å². The zero-order valence-corrected chi connectivity index (χ0v) is 11.6. The normalized spacial score (nSPS) is 15.1. The van der Waals surface area contributed by atoms with Crippen molar-refractivity contribution in [1.29, 1.82) is 0 Å². The van der Waals surface area contributed by atoms with Crippen LogP contribution in [0.4, 0.5) is 0 Å². The molecule has 0 aromatic carbocycles. The van der Waals surface area contributed by atoms with Gasteiger partial charge in [-0.2, -0.15) is 0 Å². The molecule has 0 aliphatic heterocycles. The molecule has 0 saturated heterocycles. The van der Waals surface area contributed by atoms with Crippen LogP contribution in [0.15, 0.2) is 0 Å². The van der Waals surface area contributed by atoms with Crippen molar-refractivity contribution in [3.63, 3.8) is 0 Å². The second kappa shape index (κ2) is 6.57. The minimum Gasteiger partial charge on any atom is -0.396 e. The Balaban J connectivity index is 4.17. The first kappa shape index (κ1) is 15.9. The molecule has 0 saturated carbocycles. The lowest BCUT2D eigenvalue weighted by atomic mass is 10.0. The average molecular weight is 251 g/mol. The Kier molecular flexibility index (Phi) is 6.51. The second-order valence-corrected chi connectivity index (χ2v) is 7.26. The second-order valence-electron chi connectivity index (χ2n) is 5.45. The molecular formula is C11H25NO3S. The van der Waals surface area contributed by atoms with E-state index in [1.165, 1.54) is 0 Å². The molecule has 0 aromatic rings. The van der Waals surface area contributed by atoms with Crippen LogP contribution in [0.1, 0.15) is 40.5 Å². The Morgan fingerprint density at radius 2 is 1.88 bits per heavy atom. The van der Waals surface area contributed by atoms with Gasteiger partial charge in [0.05, 0.1) is 5.75 Å². The Morgan fingerprint density at radius 3 is 2.25 bits per heavy atom. The topological polar surface area (TPSA) is 66.4 Å². The van der Waals surface area contributed by atoms with Gasteiger partial charge in [-0.25, -0.2) is 13.1 Å². The first-order chi connectivity index (χ1) is 7.20. The van der Waals surface area contributed by atoms with Gasteiger partial charge in [-0.15, -0.1) is 0 Å². The van der Waals surface area contributed by atoms with E-state index in [4.69, 9.17) is 5.11 Å². The Morgan fingerprint density at radius 1 is 1.31 bits per heavy atom. The van der Waals surface area contributed by atoms with E-state index >= 15 is 0 Å². The van der Waals surface area contributed by atoms with Gasteiger partial charge in [0, 0.05) is 13.2 Å². The fourth-order valence-corrected chi connectivity index (χ4v) is 3.23. The van der Waals surface area contributed by atoms with Crippen molar-refractivity contribution in [3.8, 4) is 0 Å². The quantitative estimate of drug-likeness (QED) is 0.718. The fourth-order valence-electron chi connectivity index (χ4n) is 1.50. The molecule has 16 heavy (non-hydrogen) atoms. The number of hydrogen-bond donors (Lipinski definition) is 2. The number of aliphatic hydroxyl groups excluding tert-OH is 1. The molecule has 5 heteroatoms. The summed E-state index contributed by atoms with van der Waals surface area (Å²) in [6.07, 6.45) is 1.52. The minimum absolute atomic E-state index is 0.111. The van der Waals surface area contributed by atoms with Crippen LogP contribution in [-0.4, -0.2) is 32.4 Å². The molecule has 0 heterocycles. The molecule has 1 unspecified atom stereocenters. The summed E-state index contributed by atoms with van der Waals surface area (Å²) in [5, 5.41) is 8.81. The van der Waals surface area contributed by atoms with E-state index < -0.39 is 10.0 Å². The number of hydrogen-bond acceptors (Lipinski definition) is 3. The smallest absolute Gasteiger partial charge is 0.212 e. The Bertz CT molecular complexity index is 280. The van der Waals surface area contributed by atoms with Crippen LogP contribution in [0, 0.1) is 11.3 Å². The van der Waals surface area contributed by atoms with Gasteiger partial charge in [0.2, 0.25) is 10.0 Å². The highest BCUT2D eigenvalue weighted by Crippen LogP contribution is 2.15. The largest absolute Gasteiger partial charge is 0.396 e. The molecule has 0 amide bonds. The van der Waals surface area contributed by atoms with E-state index in [-0.39, 0.29) is 23.7 Å². The zero-order valence-electron chi connectivity index (χ0n) is 10.8. The number of rotatable bonds is 7. The summed E-state index contributed by atoms with van der Waals surface area (Å²) in [6.45, 7) is 8.24. The third-order valence-electron chi connectivity index (χ3n) is 2.33. The van der Waals surface area contributed by atoms with E-state index in [1.807, 2.05) is 27.7 Å². The van der Waals surface area contributed by atoms with Gasteiger partial charge in [0.25, 0.3) is 0 Å². The predicted octanol–water partition coefficient (Wildman–Crippen LogP) is 1.36. The van der Waals surface area contributed by atoms with Gasteiger partial charge in [-0.3, -0.25) is 0 Å². The lowest BCUT2D eigenvalue weighted by molar-refractivity contribution is 0.254. The highest BCUT2D eigenvalue weighted by molar-refractivity contribution is 7.89. The van der Waals surface area contributed by atoms with E-state index in [1.54, 1.807) is 0 Å². The van der Waals surface area contributed by atoms with Crippen molar-refractivity contribution in [2.24, 2.45) is 11.3 Å². The molecule has 0 fully saturated rings. The fraction of sp³-hybridized carbons (Fsp3) is 1.00. The number of sulfonamides is 1. The lowest BCUT2D eigenvalue weighted by Gasteiger charge is -2.20. The van der Waals surface area contributed by atoms with Crippen molar-refractivity contribution >= 4 is 10.0 Å². The van der Waals surface area contributed by atoms with Crippen LogP contribution in [-0.2, 0) is 10.0 Å². The SMILES string of the molecule is CCC(CCO)CNS(=O)(=O)CC(C)(C)C. The van der Waals surface area contributed by atoms with Crippen molar-refractivity contribution in [3.05, 3.63) is 0 Å². The monoisotopic (exact) mass is 251 g/mol. The van der Waals surface area contributed by atoms with Crippen LogP contribution >= 0.6 is 0 Å². The lowest BCUT2D eigenvalue weighted by Crippen LogP contribution is -2.35. The Labute approximate surface area is 99.5 Å². The summed E-state index contributed by atoms with van der Waals surface area (Å²) < 4.78 is 26.0. The highest BCUT2D eigenvalue weighted by Gasteiger charge is 2.21. The molecule has 0 aromatic heterocycles. The number of aliphatic hydroxyl groups is 1. The summed E-state index contributed by atoms with van der Waals surface area (Å²) in [4.78, 5) is 0. The summed E-state index contributed by atoms with van der Waals surface area (Å²) in [5.41, 5.74) is -0.232. The Hall–Kier alpha value is -0.130. The van der Waals surface area contributed by atoms with Crippen molar-refractivity contribution in [2.45, 2.75) is 40.5 Å². The molecule has 0 rings (SSSR count). The van der Waals surface area contributed by atoms with Crippen LogP contribution in [0.25, 0.3) is 0 Å². The maximum Gasteiger partial charge on any atom is 0.212 e. The van der Waals surface area contributed by atoms with Crippen molar-refractivity contribution in [2.75, 3.05) is 18.9 Å². The standard InChI is InChI=1S/C11H25NO3S/c1-5-10(6-7-13)8-12-16(14,15)9-11(2,3)4/h10,12-13H,5-9H2,1-4H3. The molecule has 0 spiro atoms. The summed E-state index contributed by atoms with van der Waals surface area (Å²) in [7, 11) is -3.19. The minimum atomic E-state index is -3.19. The third kappa shape index (κ3) is 8.07. The molecule has 0 bridgehead atoms. The van der Waals surface area contributed by atoms with Gasteiger partial charge in [-0.05, 0) is 17.8 Å². The maximum absolute atomic E-state index is 11.7. The van der Waals surface area contributed by atoms with E-state index in [2.05, 4.69) is 4.72 Å². The summed E-state index contributed by atoms with van der Waals surface area (Å²) in [5.74, 6) is 0.356. The van der Waals surface area contributed by atoms with Crippen LogP contribution in [0.3, 0.4) is 0 Å². The molecule has 0 aliphatic rings. The van der Waals surface area contributed by atoms with Gasteiger partial charge < -0.3 is 5.11 Å². The maximum atomic E-state index is 11.7. The van der Waals surface area contributed by atoms with Gasteiger partial charge >= 0.3 is 0 Å². The van der Waals surface area contributed by atoms with Crippen LogP contribution < -0.4 is 4.72 Å². The van der Waals surface area contributed by atoms with Crippen LogP contribution in [0.2, 0.25) is 0 Å². The molecular weight excluding hydrogens is 226 g/mol. The first-order valence-corrected chi connectivity index (χ1v) is 7.43. The number of nitrogens with one attached hydrogen (secondary N) is 1. The summed E-state index contributed by atoms with van der Waals surface area (Å²) in [6, 6.07) is 0. The molecule has 98 valence electrons. The molecule has 4 nitrogen and oxygen atoms in total. The third-order valence-corrected chi connectivity index (χ3v) is 4.18. The van der Waals surface area contributed by atoms with Gasteiger partial charge in [0.1, 0.15) is 0 Å². The first-order valence-electron chi connectivity index (χ1n) is 5.78. The molecule has 0 aliphatic carbocycles. The van der Waals surface area contributed by atoms with E-state index in [0.717, 1.165) is 6.42 Å². The molecule has 1 atom stereocenters. The highest BCUT2D eigenvalue weighted by atomic mass is 32.2. The zero-order chi connectivity index (χ0) is 12.8. The van der Waals surface area contributed by atoms with E-state index in [0.29, 0.717) is 13.0 Å². The molecule has 2 N–H and O–H groups in total. The van der Waals surface area contributed by atoms with Crippen molar-refractivity contribution < 1.29 is 13.5 Å². The molecule has 0 radical (unpaired) electrons.